The molecule has 0 aliphatic heterocycles. The summed E-state index contributed by atoms with van der Waals surface area (Å²) in [7, 11) is 0. The first-order valence-corrected chi connectivity index (χ1v) is 6.04. The van der Waals surface area contributed by atoms with E-state index in [0.29, 0.717) is 34.9 Å². The summed E-state index contributed by atoms with van der Waals surface area (Å²) in [5.74, 6) is 1.01. The average Bonchev–Trinajstić information content (AvgIpc) is 2.83. The molecule has 96 valence electrons. The van der Waals surface area contributed by atoms with Crippen LogP contribution in [0.15, 0.2) is 12.1 Å². The molecule has 2 N–H and O–H groups in total. The number of aromatic amines is 1. The lowest BCUT2D eigenvalue weighted by Gasteiger charge is -2.12. The van der Waals surface area contributed by atoms with Gasteiger partial charge in [-0.1, -0.05) is 28.3 Å². The fourth-order valence-corrected chi connectivity index (χ4v) is 2.05. The van der Waals surface area contributed by atoms with E-state index in [0.717, 1.165) is 5.56 Å². The molecule has 8 heteroatoms. The number of H-pyrrole nitrogens is 1. The molecule has 1 aromatic heterocycles. The van der Waals surface area contributed by atoms with Gasteiger partial charge in [-0.05, 0) is 24.3 Å². The van der Waals surface area contributed by atoms with Gasteiger partial charge in [0.15, 0.2) is 0 Å². The van der Waals surface area contributed by atoms with E-state index in [2.05, 4.69) is 25.9 Å². The van der Waals surface area contributed by atoms with Crippen LogP contribution < -0.4 is 10.1 Å². The predicted molar refractivity (Wildman–Crippen MR) is 69.1 cm³/mol. The lowest BCUT2D eigenvalue weighted by molar-refractivity contribution is 0.337. The summed E-state index contributed by atoms with van der Waals surface area (Å²) in [5.41, 5.74) is 0.833. The zero-order valence-corrected chi connectivity index (χ0v) is 11.1. The van der Waals surface area contributed by atoms with Gasteiger partial charge in [-0.2, -0.15) is 5.21 Å². The van der Waals surface area contributed by atoms with Gasteiger partial charge in [-0.3, -0.25) is 0 Å². The van der Waals surface area contributed by atoms with Crippen molar-refractivity contribution in [2.24, 2.45) is 0 Å². The van der Waals surface area contributed by atoms with Gasteiger partial charge in [0.05, 0.1) is 11.6 Å². The Morgan fingerprint density at radius 1 is 1.39 bits per heavy atom. The number of halogens is 2. The van der Waals surface area contributed by atoms with Gasteiger partial charge in [0, 0.05) is 17.1 Å². The van der Waals surface area contributed by atoms with E-state index >= 15 is 0 Å². The molecule has 1 aromatic carbocycles. The second-order valence-electron chi connectivity index (χ2n) is 3.40. The summed E-state index contributed by atoms with van der Waals surface area (Å²) in [5, 5.41) is 17.4. The lowest BCUT2D eigenvalue weighted by Crippen LogP contribution is -2.05. The van der Waals surface area contributed by atoms with Crippen LogP contribution in [0.2, 0.25) is 10.0 Å². The predicted octanol–water partition coefficient (Wildman–Crippen LogP) is 2.52. The number of hydrogen-bond donors (Lipinski definition) is 2. The molecular weight excluding hydrogens is 277 g/mol. The zero-order valence-electron chi connectivity index (χ0n) is 9.57. The van der Waals surface area contributed by atoms with Crippen LogP contribution in [0, 0.1) is 0 Å². The highest BCUT2D eigenvalue weighted by Crippen LogP contribution is 2.32. The van der Waals surface area contributed by atoms with Crippen LogP contribution in [0.5, 0.6) is 5.75 Å². The van der Waals surface area contributed by atoms with E-state index in [1.807, 2.05) is 6.92 Å². The molecule has 0 amide bonds. The van der Waals surface area contributed by atoms with Gasteiger partial charge in [0.2, 0.25) is 0 Å². The Hall–Kier alpha value is -1.53. The van der Waals surface area contributed by atoms with Crippen molar-refractivity contribution in [1.82, 2.24) is 20.6 Å². The van der Waals surface area contributed by atoms with Crippen molar-refractivity contribution in [3.05, 3.63) is 27.7 Å². The van der Waals surface area contributed by atoms with Crippen molar-refractivity contribution in [2.75, 3.05) is 11.9 Å². The number of tetrazole rings is 1. The SMILES string of the molecule is CCOc1c(Cl)cc(Cl)cc1CNc1nn[nH]n1. The van der Waals surface area contributed by atoms with Crippen molar-refractivity contribution < 1.29 is 4.74 Å². The van der Waals surface area contributed by atoms with E-state index < -0.39 is 0 Å². The highest BCUT2D eigenvalue weighted by atomic mass is 35.5. The number of anilines is 1. The fourth-order valence-electron chi connectivity index (χ4n) is 1.46. The number of benzene rings is 1. The van der Waals surface area contributed by atoms with Gasteiger partial charge < -0.3 is 10.1 Å². The molecule has 0 radical (unpaired) electrons. The Balaban J connectivity index is 2.19. The molecule has 0 unspecified atom stereocenters. The third kappa shape index (κ3) is 3.02. The van der Waals surface area contributed by atoms with Gasteiger partial charge in [-0.25, -0.2) is 0 Å². The smallest absolute Gasteiger partial charge is 0.263 e. The maximum atomic E-state index is 6.09. The summed E-state index contributed by atoms with van der Waals surface area (Å²) in [6.07, 6.45) is 0. The first kappa shape index (κ1) is 12.9. The molecule has 1 heterocycles. The molecule has 0 aliphatic carbocycles. The van der Waals surface area contributed by atoms with E-state index in [1.165, 1.54) is 0 Å². The standard InChI is InChI=1S/C10H11Cl2N5O/c1-2-18-9-6(3-7(11)4-8(9)12)5-13-10-14-16-17-15-10/h3-4H,2,5H2,1H3,(H2,13,14,15,16,17). The van der Waals surface area contributed by atoms with Crippen LogP contribution in [0.25, 0.3) is 0 Å². The molecule has 2 rings (SSSR count). The molecule has 0 saturated heterocycles. The Labute approximate surface area is 114 Å². The first-order chi connectivity index (χ1) is 8.70. The summed E-state index contributed by atoms with van der Waals surface area (Å²) in [6, 6.07) is 3.43. The monoisotopic (exact) mass is 287 g/mol. The van der Waals surface area contributed by atoms with Crippen LogP contribution in [0.3, 0.4) is 0 Å². The van der Waals surface area contributed by atoms with Gasteiger partial charge >= 0.3 is 0 Å². The first-order valence-electron chi connectivity index (χ1n) is 5.28. The van der Waals surface area contributed by atoms with E-state index in [4.69, 9.17) is 27.9 Å². The molecule has 0 fully saturated rings. The minimum Gasteiger partial charge on any atom is -0.492 e. The molecule has 0 aliphatic rings. The van der Waals surface area contributed by atoms with Crippen LogP contribution in [-0.2, 0) is 6.54 Å². The quantitative estimate of drug-likeness (QED) is 0.884. The van der Waals surface area contributed by atoms with Crippen molar-refractivity contribution in [3.8, 4) is 5.75 Å². The molecular formula is C10H11Cl2N5O. The van der Waals surface area contributed by atoms with Crippen LogP contribution in [0.4, 0.5) is 5.95 Å². The number of ether oxygens (including phenoxy) is 1. The van der Waals surface area contributed by atoms with Crippen molar-refractivity contribution in [3.63, 3.8) is 0 Å². The van der Waals surface area contributed by atoms with Gasteiger partial charge in [0.1, 0.15) is 5.75 Å². The van der Waals surface area contributed by atoms with Gasteiger partial charge in [-0.15, -0.1) is 5.10 Å². The Morgan fingerprint density at radius 2 is 2.22 bits per heavy atom. The molecule has 0 saturated carbocycles. The summed E-state index contributed by atoms with van der Waals surface area (Å²) >= 11 is 12.1. The molecule has 0 bridgehead atoms. The normalized spacial score (nSPS) is 10.4. The average molecular weight is 288 g/mol. The van der Waals surface area contributed by atoms with E-state index in [-0.39, 0.29) is 0 Å². The topological polar surface area (TPSA) is 75.7 Å². The number of nitrogens with zero attached hydrogens (tertiary/aromatic N) is 3. The van der Waals surface area contributed by atoms with Crippen molar-refractivity contribution in [1.29, 1.82) is 0 Å². The number of nitrogens with one attached hydrogen (secondary N) is 2. The largest absolute Gasteiger partial charge is 0.492 e. The highest BCUT2D eigenvalue weighted by Gasteiger charge is 2.11. The zero-order chi connectivity index (χ0) is 13.0. The van der Waals surface area contributed by atoms with E-state index in [1.54, 1.807) is 12.1 Å². The second kappa shape index (κ2) is 5.88. The molecule has 6 nitrogen and oxygen atoms in total. The van der Waals surface area contributed by atoms with Gasteiger partial charge in [0.25, 0.3) is 5.95 Å². The Morgan fingerprint density at radius 3 is 2.89 bits per heavy atom. The minimum atomic E-state index is 0.397. The Kier molecular flexibility index (Phi) is 4.22. The third-order valence-corrected chi connectivity index (χ3v) is 2.66. The third-order valence-electron chi connectivity index (χ3n) is 2.16. The second-order valence-corrected chi connectivity index (χ2v) is 4.24. The number of hydrogen-bond acceptors (Lipinski definition) is 5. The summed E-state index contributed by atoms with van der Waals surface area (Å²) < 4.78 is 5.50. The number of aromatic nitrogens is 4. The lowest BCUT2D eigenvalue weighted by atomic mass is 10.2. The van der Waals surface area contributed by atoms with Crippen LogP contribution >= 0.6 is 23.2 Å². The summed E-state index contributed by atoms with van der Waals surface area (Å²) in [4.78, 5) is 0. The molecule has 2 aromatic rings. The molecule has 0 atom stereocenters. The summed E-state index contributed by atoms with van der Waals surface area (Å²) in [6.45, 7) is 2.85. The maximum absolute atomic E-state index is 6.09. The number of rotatable bonds is 5. The Bertz CT molecular complexity index is 517. The maximum Gasteiger partial charge on any atom is 0.263 e. The molecule has 18 heavy (non-hydrogen) atoms. The van der Waals surface area contributed by atoms with Crippen LogP contribution in [-0.4, -0.2) is 27.2 Å². The minimum absolute atomic E-state index is 0.397. The highest BCUT2D eigenvalue weighted by molar-refractivity contribution is 6.35. The van der Waals surface area contributed by atoms with Crippen LogP contribution in [0.1, 0.15) is 12.5 Å². The fraction of sp³-hybridized carbons (Fsp3) is 0.300. The van der Waals surface area contributed by atoms with Crippen molar-refractivity contribution in [2.45, 2.75) is 13.5 Å². The van der Waals surface area contributed by atoms with E-state index in [9.17, 15) is 0 Å². The molecule has 0 spiro atoms. The van der Waals surface area contributed by atoms with Crippen molar-refractivity contribution >= 4 is 29.2 Å².